The van der Waals surface area contributed by atoms with Gasteiger partial charge in [0.15, 0.2) is 5.82 Å². The van der Waals surface area contributed by atoms with E-state index in [1.165, 1.54) is 5.69 Å². The summed E-state index contributed by atoms with van der Waals surface area (Å²) < 4.78 is 5.31. The van der Waals surface area contributed by atoms with Gasteiger partial charge < -0.3 is 24.5 Å². The van der Waals surface area contributed by atoms with E-state index in [1.807, 2.05) is 24.3 Å². The molecule has 0 aliphatic carbocycles. The number of piperazine rings is 1. The van der Waals surface area contributed by atoms with E-state index in [1.54, 1.807) is 13.3 Å². The number of aromatic nitrogens is 5. The minimum absolute atomic E-state index is 0.711. The third-order valence-electron chi connectivity index (χ3n) is 6.30. The first-order valence-electron chi connectivity index (χ1n) is 11.1. The number of H-pyrrole nitrogens is 2. The van der Waals surface area contributed by atoms with Crippen LogP contribution in [-0.4, -0.2) is 70.2 Å². The summed E-state index contributed by atoms with van der Waals surface area (Å²) >= 11 is 0. The van der Waals surface area contributed by atoms with Crippen LogP contribution in [0.5, 0.6) is 5.75 Å². The number of ether oxygens (including phenoxy) is 1. The van der Waals surface area contributed by atoms with Crippen LogP contribution in [0.2, 0.25) is 0 Å². The molecule has 2 aromatic carbocycles. The van der Waals surface area contributed by atoms with E-state index in [4.69, 9.17) is 14.7 Å². The first kappa shape index (κ1) is 19.8. The van der Waals surface area contributed by atoms with E-state index in [0.29, 0.717) is 5.82 Å². The molecule has 0 atom stereocenters. The van der Waals surface area contributed by atoms with Crippen molar-refractivity contribution in [1.29, 1.82) is 0 Å². The highest BCUT2D eigenvalue weighted by Crippen LogP contribution is 2.28. The van der Waals surface area contributed by atoms with Crippen molar-refractivity contribution in [2.24, 2.45) is 0 Å². The summed E-state index contributed by atoms with van der Waals surface area (Å²) in [6.45, 7) is 4.27. The molecule has 3 aromatic heterocycles. The summed E-state index contributed by atoms with van der Waals surface area (Å²) in [7, 11) is 3.82. The standard InChI is InChI=1S/C25H25N7O/c1-31-9-11-32(12-10-31)17-4-6-20-22(14-17)29-24(27-20)16-3-5-19-21(13-16)30-25(28-19)23-15-18(33-2)7-8-26-23/h3-8,13-15H,9-12H2,1-2H3,(H,27,29)(H,28,30). The summed E-state index contributed by atoms with van der Waals surface area (Å²) in [4.78, 5) is 25.6. The van der Waals surface area contributed by atoms with Gasteiger partial charge in [0.1, 0.15) is 17.3 Å². The van der Waals surface area contributed by atoms with Gasteiger partial charge in [-0.25, -0.2) is 9.97 Å². The lowest BCUT2D eigenvalue weighted by Crippen LogP contribution is -2.44. The lowest BCUT2D eigenvalue weighted by Gasteiger charge is -2.34. The molecule has 0 bridgehead atoms. The first-order valence-corrected chi connectivity index (χ1v) is 11.1. The molecule has 1 aliphatic heterocycles. The zero-order chi connectivity index (χ0) is 22.4. The number of fused-ring (bicyclic) bond motifs is 2. The molecular formula is C25H25N7O. The predicted octanol–water partition coefficient (Wildman–Crippen LogP) is 3.93. The number of hydrogen-bond donors (Lipinski definition) is 2. The third kappa shape index (κ3) is 3.68. The zero-order valence-corrected chi connectivity index (χ0v) is 18.7. The highest BCUT2D eigenvalue weighted by atomic mass is 16.5. The Hall–Kier alpha value is -3.91. The van der Waals surface area contributed by atoms with Crippen molar-refractivity contribution >= 4 is 27.8 Å². The molecule has 1 aliphatic rings. The lowest BCUT2D eigenvalue weighted by molar-refractivity contribution is 0.313. The molecule has 0 amide bonds. The number of aromatic amines is 2. The summed E-state index contributed by atoms with van der Waals surface area (Å²) in [6, 6.07) is 16.3. The second-order valence-electron chi connectivity index (χ2n) is 8.48. The van der Waals surface area contributed by atoms with Gasteiger partial charge in [-0.1, -0.05) is 0 Å². The zero-order valence-electron chi connectivity index (χ0n) is 18.7. The highest BCUT2D eigenvalue weighted by Gasteiger charge is 2.16. The number of likely N-dealkylation sites (N-methyl/N-ethyl adjacent to an activating group) is 1. The SMILES string of the molecule is COc1ccnc(-c2nc3ccc(-c4nc5ccc(N6CCN(C)CC6)cc5[nH]4)cc3[nH]2)c1. The summed E-state index contributed by atoms with van der Waals surface area (Å²) in [5.74, 6) is 2.31. The van der Waals surface area contributed by atoms with Crippen LogP contribution < -0.4 is 9.64 Å². The smallest absolute Gasteiger partial charge is 0.157 e. The fourth-order valence-electron chi connectivity index (χ4n) is 4.34. The maximum Gasteiger partial charge on any atom is 0.157 e. The average Bonchev–Trinajstić information content (AvgIpc) is 3.48. The largest absolute Gasteiger partial charge is 0.497 e. The maximum atomic E-state index is 5.31. The van der Waals surface area contributed by atoms with Crippen LogP contribution in [0.1, 0.15) is 0 Å². The van der Waals surface area contributed by atoms with Gasteiger partial charge >= 0.3 is 0 Å². The monoisotopic (exact) mass is 439 g/mol. The quantitative estimate of drug-likeness (QED) is 0.441. The van der Waals surface area contributed by atoms with Crippen molar-refractivity contribution in [3.05, 3.63) is 54.7 Å². The molecule has 5 aromatic rings. The topological polar surface area (TPSA) is 86.0 Å². The Labute approximate surface area is 191 Å². The minimum atomic E-state index is 0.711. The van der Waals surface area contributed by atoms with E-state index in [2.05, 4.69) is 56.1 Å². The predicted molar refractivity (Wildman–Crippen MR) is 131 cm³/mol. The van der Waals surface area contributed by atoms with E-state index in [-0.39, 0.29) is 0 Å². The van der Waals surface area contributed by atoms with Crippen molar-refractivity contribution in [1.82, 2.24) is 29.8 Å². The highest BCUT2D eigenvalue weighted by molar-refractivity contribution is 5.86. The molecule has 8 nitrogen and oxygen atoms in total. The lowest BCUT2D eigenvalue weighted by atomic mass is 10.2. The van der Waals surface area contributed by atoms with Crippen molar-refractivity contribution in [2.75, 3.05) is 45.2 Å². The molecule has 2 N–H and O–H groups in total. The fourth-order valence-corrected chi connectivity index (χ4v) is 4.34. The molecule has 0 saturated carbocycles. The second kappa shape index (κ2) is 7.90. The molecule has 6 rings (SSSR count). The number of nitrogens with zero attached hydrogens (tertiary/aromatic N) is 5. The van der Waals surface area contributed by atoms with Crippen molar-refractivity contribution in [3.8, 4) is 28.7 Å². The number of methoxy groups -OCH3 is 1. The molecule has 33 heavy (non-hydrogen) atoms. The number of anilines is 1. The van der Waals surface area contributed by atoms with Gasteiger partial charge in [-0.2, -0.15) is 0 Å². The molecule has 0 unspecified atom stereocenters. The number of pyridine rings is 1. The van der Waals surface area contributed by atoms with Crippen LogP contribution in [-0.2, 0) is 0 Å². The molecule has 1 fully saturated rings. The number of nitrogens with one attached hydrogen (secondary N) is 2. The van der Waals surface area contributed by atoms with Crippen molar-refractivity contribution in [2.45, 2.75) is 0 Å². The van der Waals surface area contributed by atoms with Crippen molar-refractivity contribution in [3.63, 3.8) is 0 Å². The molecule has 0 spiro atoms. The van der Waals surface area contributed by atoms with E-state index >= 15 is 0 Å². The normalized spacial score (nSPS) is 14.9. The van der Waals surface area contributed by atoms with E-state index in [0.717, 1.165) is 71.1 Å². The average molecular weight is 440 g/mol. The van der Waals surface area contributed by atoms with Crippen LogP contribution in [0.4, 0.5) is 5.69 Å². The Balaban J connectivity index is 1.32. The van der Waals surface area contributed by atoms with E-state index < -0.39 is 0 Å². The third-order valence-corrected chi connectivity index (χ3v) is 6.30. The molecule has 0 radical (unpaired) electrons. The van der Waals surface area contributed by atoms with Gasteiger partial charge in [0.25, 0.3) is 0 Å². The Kier molecular flexibility index (Phi) is 4.73. The van der Waals surface area contributed by atoms with Crippen LogP contribution >= 0.6 is 0 Å². The fraction of sp³-hybridized carbons (Fsp3) is 0.240. The first-order chi connectivity index (χ1) is 16.2. The number of imidazole rings is 2. The summed E-state index contributed by atoms with van der Waals surface area (Å²) in [6.07, 6.45) is 1.72. The summed E-state index contributed by atoms with van der Waals surface area (Å²) in [5, 5.41) is 0. The molecule has 8 heteroatoms. The van der Waals surface area contributed by atoms with Gasteiger partial charge in [-0.15, -0.1) is 0 Å². The Morgan fingerprint density at radius 3 is 2.36 bits per heavy atom. The Bertz CT molecular complexity index is 1450. The number of hydrogen-bond acceptors (Lipinski definition) is 6. The molecular weight excluding hydrogens is 414 g/mol. The van der Waals surface area contributed by atoms with Gasteiger partial charge in [0.2, 0.25) is 0 Å². The molecule has 4 heterocycles. The van der Waals surface area contributed by atoms with Crippen LogP contribution in [0.3, 0.4) is 0 Å². The van der Waals surface area contributed by atoms with Crippen molar-refractivity contribution < 1.29 is 4.74 Å². The Morgan fingerprint density at radius 2 is 1.55 bits per heavy atom. The van der Waals surface area contributed by atoms with Gasteiger partial charge in [-0.05, 0) is 49.5 Å². The van der Waals surface area contributed by atoms with Gasteiger partial charge in [0, 0.05) is 49.7 Å². The minimum Gasteiger partial charge on any atom is -0.497 e. The van der Waals surface area contributed by atoms with E-state index in [9.17, 15) is 0 Å². The molecule has 1 saturated heterocycles. The maximum absolute atomic E-state index is 5.31. The van der Waals surface area contributed by atoms with Gasteiger partial charge in [-0.3, -0.25) is 4.98 Å². The second-order valence-corrected chi connectivity index (χ2v) is 8.48. The van der Waals surface area contributed by atoms with Crippen LogP contribution in [0.25, 0.3) is 45.0 Å². The van der Waals surface area contributed by atoms with Crippen LogP contribution in [0.15, 0.2) is 54.7 Å². The Morgan fingerprint density at radius 1 is 0.818 bits per heavy atom. The van der Waals surface area contributed by atoms with Gasteiger partial charge in [0.05, 0.1) is 29.2 Å². The van der Waals surface area contributed by atoms with Crippen LogP contribution in [0, 0.1) is 0 Å². The number of rotatable bonds is 4. The molecule has 166 valence electrons. The summed E-state index contributed by atoms with van der Waals surface area (Å²) in [5.41, 5.74) is 6.82. The number of benzene rings is 2.